The van der Waals surface area contributed by atoms with Gasteiger partial charge in [0.25, 0.3) is 5.91 Å². The minimum atomic E-state index is -0.856. The molecule has 1 amide bonds. The highest BCUT2D eigenvalue weighted by molar-refractivity contribution is 5.84. The lowest BCUT2D eigenvalue weighted by Gasteiger charge is -2.25. The van der Waals surface area contributed by atoms with Crippen molar-refractivity contribution in [2.24, 2.45) is 0 Å². The number of nitrogens with one attached hydrogen (secondary N) is 1. The summed E-state index contributed by atoms with van der Waals surface area (Å²) in [5, 5.41) is 3.02. The van der Waals surface area contributed by atoms with E-state index in [4.69, 9.17) is 4.74 Å². The van der Waals surface area contributed by atoms with Crippen LogP contribution in [-0.2, 0) is 14.3 Å². The Bertz CT molecular complexity index is 489. The van der Waals surface area contributed by atoms with Crippen LogP contribution in [0.4, 0.5) is 0 Å². The quantitative estimate of drug-likeness (QED) is 0.867. The van der Waals surface area contributed by atoms with Crippen LogP contribution in [0.2, 0.25) is 0 Å². The molecule has 1 aromatic rings. The third-order valence-corrected chi connectivity index (χ3v) is 3.85. The number of amides is 1. The largest absolute Gasteiger partial charge is 0.447 e. The number of esters is 1. The van der Waals surface area contributed by atoms with Crippen molar-refractivity contribution in [2.45, 2.75) is 58.1 Å². The monoisotopic (exact) mass is 289 g/mol. The Labute approximate surface area is 125 Å². The minimum Gasteiger partial charge on any atom is -0.447 e. The van der Waals surface area contributed by atoms with E-state index in [0.29, 0.717) is 5.56 Å². The van der Waals surface area contributed by atoms with Gasteiger partial charge in [0.15, 0.2) is 0 Å². The van der Waals surface area contributed by atoms with Gasteiger partial charge in [0.05, 0.1) is 0 Å². The molecule has 1 aliphatic rings. The Morgan fingerprint density at radius 2 is 1.76 bits per heavy atom. The maximum atomic E-state index is 12.4. The fraction of sp³-hybridized carbons (Fsp3) is 0.529. The number of carbonyl (C=O) groups is 2. The molecule has 0 radical (unpaired) electrons. The van der Waals surface area contributed by atoms with Crippen molar-refractivity contribution in [2.75, 3.05) is 0 Å². The van der Waals surface area contributed by atoms with Crippen molar-refractivity contribution in [1.82, 2.24) is 5.32 Å². The van der Waals surface area contributed by atoms with Crippen LogP contribution in [0.25, 0.3) is 0 Å². The molecule has 1 saturated carbocycles. The predicted octanol–water partition coefficient (Wildman–Crippen LogP) is 3.05. The molecule has 1 fully saturated rings. The maximum absolute atomic E-state index is 12.4. The first-order valence-corrected chi connectivity index (χ1v) is 7.60. The molecule has 4 nitrogen and oxygen atoms in total. The van der Waals surface area contributed by atoms with Crippen LogP contribution in [0.15, 0.2) is 24.3 Å². The first-order valence-electron chi connectivity index (χ1n) is 7.60. The summed E-state index contributed by atoms with van der Waals surface area (Å²) >= 11 is 0. The third kappa shape index (κ3) is 4.59. The van der Waals surface area contributed by atoms with Gasteiger partial charge in [-0.05, 0) is 19.8 Å². The Hall–Kier alpha value is -1.84. The van der Waals surface area contributed by atoms with Crippen LogP contribution >= 0.6 is 0 Å². The van der Waals surface area contributed by atoms with Crippen molar-refractivity contribution in [3.63, 3.8) is 0 Å². The molecule has 0 bridgehead atoms. The molecule has 0 spiro atoms. The molecule has 0 unspecified atom stereocenters. The van der Waals surface area contributed by atoms with Crippen molar-refractivity contribution in [1.29, 1.82) is 0 Å². The van der Waals surface area contributed by atoms with E-state index in [-0.39, 0.29) is 11.9 Å². The van der Waals surface area contributed by atoms with E-state index in [9.17, 15) is 9.59 Å². The third-order valence-electron chi connectivity index (χ3n) is 3.85. The van der Waals surface area contributed by atoms with Gasteiger partial charge in [-0.3, -0.25) is 9.59 Å². The van der Waals surface area contributed by atoms with Gasteiger partial charge in [0.1, 0.15) is 0 Å². The molecule has 1 atom stereocenters. The molecule has 2 rings (SSSR count). The summed E-state index contributed by atoms with van der Waals surface area (Å²) < 4.78 is 5.23. The molecule has 4 heteroatoms. The van der Waals surface area contributed by atoms with Crippen LogP contribution in [0.3, 0.4) is 0 Å². The zero-order valence-corrected chi connectivity index (χ0v) is 12.7. The van der Waals surface area contributed by atoms with Crippen LogP contribution in [-0.4, -0.2) is 17.9 Å². The van der Waals surface area contributed by atoms with Gasteiger partial charge in [-0.1, -0.05) is 49.1 Å². The molecule has 0 aliphatic heterocycles. The Morgan fingerprint density at radius 3 is 2.33 bits per heavy atom. The molecule has 21 heavy (non-hydrogen) atoms. The summed E-state index contributed by atoms with van der Waals surface area (Å²) in [6, 6.07) is 7.71. The van der Waals surface area contributed by atoms with E-state index >= 15 is 0 Å². The summed E-state index contributed by atoms with van der Waals surface area (Å²) in [5.41, 5.74) is 1.82. The number of hydrogen-bond donors (Lipinski definition) is 1. The molecule has 0 aromatic heterocycles. The molecule has 0 saturated heterocycles. The summed E-state index contributed by atoms with van der Waals surface area (Å²) in [4.78, 5) is 23.7. The van der Waals surface area contributed by atoms with Gasteiger partial charge in [-0.25, -0.2) is 0 Å². The Morgan fingerprint density at radius 1 is 1.14 bits per heavy atom. The molecular weight excluding hydrogens is 266 g/mol. The van der Waals surface area contributed by atoms with Gasteiger partial charge in [0.2, 0.25) is 6.10 Å². The first-order chi connectivity index (χ1) is 10.1. The lowest BCUT2D eigenvalue weighted by Crippen LogP contribution is -2.40. The fourth-order valence-electron chi connectivity index (χ4n) is 2.70. The molecule has 1 aliphatic carbocycles. The van der Waals surface area contributed by atoms with Crippen molar-refractivity contribution in [3.8, 4) is 0 Å². The summed E-state index contributed by atoms with van der Waals surface area (Å²) in [6.07, 6.45) is 4.68. The average Bonchev–Trinajstić information content (AvgIpc) is 2.46. The smallest absolute Gasteiger partial charge is 0.303 e. The highest BCUT2D eigenvalue weighted by Gasteiger charge is 2.26. The Balaban J connectivity index is 2.08. The van der Waals surface area contributed by atoms with E-state index in [1.807, 2.05) is 31.2 Å². The number of benzene rings is 1. The molecular formula is C17H23NO3. The SMILES string of the molecule is CC(=O)O[C@H](C(=O)NC1CCCCC1)c1ccc(C)cc1. The van der Waals surface area contributed by atoms with E-state index in [1.165, 1.54) is 13.3 Å². The summed E-state index contributed by atoms with van der Waals surface area (Å²) in [7, 11) is 0. The van der Waals surface area contributed by atoms with Crippen molar-refractivity contribution < 1.29 is 14.3 Å². The number of hydrogen-bond acceptors (Lipinski definition) is 3. The van der Waals surface area contributed by atoms with Crippen molar-refractivity contribution in [3.05, 3.63) is 35.4 Å². The van der Waals surface area contributed by atoms with Crippen molar-refractivity contribution >= 4 is 11.9 Å². The normalized spacial score (nSPS) is 17.0. The van der Waals surface area contributed by atoms with E-state index in [1.54, 1.807) is 0 Å². The summed E-state index contributed by atoms with van der Waals surface area (Å²) in [6.45, 7) is 3.31. The number of rotatable bonds is 4. The molecule has 1 N–H and O–H groups in total. The Kier molecular flexibility index (Phi) is 5.37. The van der Waals surface area contributed by atoms with E-state index in [0.717, 1.165) is 31.2 Å². The van der Waals surface area contributed by atoms with Crippen LogP contribution in [0.1, 0.15) is 56.3 Å². The summed E-state index contributed by atoms with van der Waals surface area (Å²) in [5.74, 6) is -0.666. The number of aryl methyl sites for hydroxylation is 1. The van der Waals surface area contributed by atoms with Gasteiger partial charge in [0, 0.05) is 18.5 Å². The second kappa shape index (κ2) is 7.25. The minimum absolute atomic E-state index is 0.203. The van der Waals surface area contributed by atoms with Gasteiger partial charge in [-0.15, -0.1) is 0 Å². The zero-order valence-electron chi connectivity index (χ0n) is 12.7. The van der Waals surface area contributed by atoms with Gasteiger partial charge in [-0.2, -0.15) is 0 Å². The van der Waals surface area contributed by atoms with Crippen LogP contribution in [0.5, 0.6) is 0 Å². The van der Waals surface area contributed by atoms with E-state index < -0.39 is 12.1 Å². The lowest BCUT2D eigenvalue weighted by molar-refractivity contribution is -0.154. The molecule has 0 heterocycles. The zero-order chi connectivity index (χ0) is 15.2. The predicted molar refractivity (Wildman–Crippen MR) is 80.7 cm³/mol. The van der Waals surface area contributed by atoms with Gasteiger partial charge >= 0.3 is 5.97 Å². The standard InChI is InChI=1S/C17H23NO3/c1-12-8-10-14(11-9-12)16(21-13(2)19)17(20)18-15-6-4-3-5-7-15/h8-11,15-16H,3-7H2,1-2H3,(H,18,20)/t16-/m0/s1. The van der Waals surface area contributed by atoms with E-state index in [2.05, 4.69) is 5.32 Å². The molecule has 114 valence electrons. The topological polar surface area (TPSA) is 55.4 Å². The number of carbonyl (C=O) groups excluding carboxylic acids is 2. The first kappa shape index (κ1) is 15.5. The van der Waals surface area contributed by atoms with Crippen LogP contribution < -0.4 is 5.32 Å². The molecule has 1 aromatic carbocycles. The highest BCUT2D eigenvalue weighted by atomic mass is 16.5. The fourth-order valence-corrected chi connectivity index (χ4v) is 2.70. The van der Waals surface area contributed by atoms with Gasteiger partial charge < -0.3 is 10.1 Å². The van der Waals surface area contributed by atoms with Crippen LogP contribution in [0, 0.1) is 6.92 Å². The number of ether oxygens (including phenoxy) is 1. The lowest BCUT2D eigenvalue weighted by atomic mass is 9.95. The second-order valence-corrected chi connectivity index (χ2v) is 5.74. The second-order valence-electron chi connectivity index (χ2n) is 5.74. The average molecular weight is 289 g/mol. The highest BCUT2D eigenvalue weighted by Crippen LogP contribution is 2.22. The maximum Gasteiger partial charge on any atom is 0.303 e.